The van der Waals surface area contributed by atoms with Crippen LogP contribution in [-0.2, 0) is 10.2 Å². The molecule has 33 heavy (non-hydrogen) atoms. The molecule has 0 spiro atoms. The highest BCUT2D eigenvalue weighted by atomic mass is 16.6. The van der Waals surface area contributed by atoms with E-state index in [1.165, 1.54) is 12.4 Å². The predicted octanol–water partition coefficient (Wildman–Crippen LogP) is 3.87. The van der Waals surface area contributed by atoms with Gasteiger partial charge in [0.1, 0.15) is 29.8 Å². The zero-order valence-corrected chi connectivity index (χ0v) is 18.3. The van der Waals surface area contributed by atoms with Crippen LogP contribution in [0.5, 0.6) is 17.2 Å². The summed E-state index contributed by atoms with van der Waals surface area (Å²) in [5.41, 5.74) is 6.65. The van der Waals surface area contributed by atoms with Gasteiger partial charge in [0.15, 0.2) is 5.75 Å². The fraction of sp³-hybridized carbons (Fsp3) is 0.292. The van der Waals surface area contributed by atoms with E-state index in [0.29, 0.717) is 30.1 Å². The summed E-state index contributed by atoms with van der Waals surface area (Å²) in [5.74, 6) is 1.86. The Labute approximate surface area is 191 Å². The van der Waals surface area contributed by atoms with Gasteiger partial charge in [-0.3, -0.25) is 4.98 Å². The van der Waals surface area contributed by atoms with Crippen molar-refractivity contribution in [3.8, 4) is 23.3 Å². The highest BCUT2D eigenvalue weighted by Crippen LogP contribution is 2.33. The quantitative estimate of drug-likeness (QED) is 0.579. The third-order valence-electron chi connectivity index (χ3n) is 5.55. The summed E-state index contributed by atoms with van der Waals surface area (Å²) >= 11 is 0. The zero-order chi connectivity index (χ0) is 23.4. The molecule has 0 bridgehead atoms. The molecule has 0 aliphatic heterocycles. The van der Waals surface area contributed by atoms with Crippen LogP contribution in [0.4, 0.5) is 4.79 Å². The van der Waals surface area contributed by atoms with Crippen LogP contribution in [0.2, 0.25) is 0 Å². The first kappa shape index (κ1) is 22.0. The fourth-order valence-corrected chi connectivity index (χ4v) is 3.54. The lowest BCUT2D eigenvalue weighted by atomic mass is 9.81. The standard InChI is InChI=1S/C24H23N5O4/c1-24(2,15-3-5-16(6-4-15)31-20-13-28-22(11-25)29-14-20)21-8-7-17(12-27-21)32-18-9-19(10-18)33-23(26)30/h3-8,12-14,18-19H,9-10H2,1-2H3,(H2,26,30)/t18-,19+. The lowest BCUT2D eigenvalue weighted by molar-refractivity contribution is -0.0198. The Morgan fingerprint density at radius 2 is 1.61 bits per heavy atom. The van der Waals surface area contributed by atoms with Crippen molar-refractivity contribution in [2.75, 3.05) is 0 Å². The molecule has 4 rings (SSSR count). The van der Waals surface area contributed by atoms with E-state index in [-0.39, 0.29) is 23.4 Å². The van der Waals surface area contributed by atoms with Crippen molar-refractivity contribution in [2.24, 2.45) is 5.73 Å². The second-order valence-electron chi connectivity index (χ2n) is 8.25. The summed E-state index contributed by atoms with van der Waals surface area (Å²) in [6, 6.07) is 13.4. The largest absolute Gasteiger partial charge is 0.489 e. The fourth-order valence-electron chi connectivity index (χ4n) is 3.54. The van der Waals surface area contributed by atoms with E-state index >= 15 is 0 Å². The van der Waals surface area contributed by atoms with Crippen LogP contribution in [0.3, 0.4) is 0 Å². The molecule has 9 heteroatoms. The number of nitriles is 1. The van der Waals surface area contributed by atoms with E-state index in [2.05, 4.69) is 28.8 Å². The van der Waals surface area contributed by atoms with E-state index in [4.69, 9.17) is 25.2 Å². The minimum absolute atomic E-state index is 0.0101. The lowest BCUT2D eigenvalue weighted by Crippen LogP contribution is -2.41. The molecule has 1 fully saturated rings. The molecule has 0 radical (unpaired) electrons. The molecule has 0 saturated heterocycles. The third kappa shape index (κ3) is 5.18. The molecule has 1 amide bonds. The Morgan fingerprint density at radius 1 is 0.970 bits per heavy atom. The summed E-state index contributed by atoms with van der Waals surface area (Å²) in [6.07, 6.45) is 4.95. The molecule has 1 aliphatic rings. The van der Waals surface area contributed by atoms with E-state index < -0.39 is 6.09 Å². The van der Waals surface area contributed by atoms with Gasteiger partial charge < -0.3 is 19.9 Å². The van der Waals surface area contributed by atoms with E-state index in [9.17, 15) is 4.79 Å². The second kappa shape index (κ2) is 9.12. The number of carbonyl (C=O) groups is 1. The number of nitrogens with two attached hydrogens (primary N) is 1. The van der Waals surface area contributed by atoms with Gasteiger partial charge in [-0.05, 0) is 29.8 Å². The van der Waals surface area contributed by atoms with Gasteiger partial charge in [-0.2, -0.15) is 5.26 Å². The summed E-state index contributed by atoms with van der Waals surface area (Å²) in [7, 11) is 0. The van der Waals surface area contributed by atoms with Gasteiger partial charge in [0.05, 0.1) is 24.3 Å². The smallest absolute Gasteiger partial charge is 0.404 e. The van der Waals surface area contributed by atoms with Crippen molar-refractivity contribution < 1.29 is 19.0 Å². The van der Waals surface area contributed by atoms with E-state index in [1.807, 2.05) is 42.5 Å². The number of hydrogen-bond acceptors (Lipinski definition) is 8. The number of benzene rings is 1. The van der Waals surface area contributed by atoms with Crippen molar-refractivity contribution in [3.63, 3.8) is 0 Å². The Bertz CT molecular complexity index is 1150. The molecular weight excluding hydrogens is 422 g/mol. The van der Waals surface area contributed by atoms with Crippen molar-refractivity contribution >= 4 is 6.09 Å². The average molecular weight is 445 g/mol. The number of rotatable bonds is 7. The summed E-state index contributed by atoms with van der Waals surface area (Å²) in [6.45, 7) is 4.19. The number of ether oxygens (including phenoxy) is 3. The van der Waals surface area contributed by atoms with Crippen LogP contribution in [0.25, 0.3) is 0 Å². The monoisotopic (exact) mass is 445 g/mol. The minimum Gasteiger partial charge on any atom is -0.489 e. The van der Waals surface area contributed by atoms with Gasteiger partial charge in [0.25, 0.3) is 0 Å². The molecule has 2 aromatic heterocycles. The van der Waals surface area contributed by atoms with Crippen LogP contribution in [0.15, 0.2) is 55.0 Å². The van der Waals surface area contributed by atoms with Gasteiger partial charge in [-0.25, -0.2) is 14.8 Å². The van der Waals surface area contributed by atoms with E-state index in [0.717, 1.165) is 11.3 Å². The maximum Gasteiger partial charge on any atom is 0.404 e. The molecule has 2 N–H and O–H groups in total. The van der Waals surface area contributed by atoms with Crippen LogP contribution in [0, 0.1) is 11.3 Å². The van der Waals surface area contributed by atoms with Crippen LogP contribution < -0.4 is 15.2 Å². The Hall–Kier alpha value is -4.19. The van der Waals surface area contributed by atoms with Gasteiger partial charge in [-0.1, -0.05) is 26.0 Å². The lowest BCUT2D eigenvalue weighted by Gasteiger charge is -2.34. The molecule has 1 saturated carbocycles. The highest BCUT2D eigenvalue weighted by molar-refractivity contribution is 5.64. The number of amides is 1. The van der Waals surface area contributed by atoms with Crippen LogP contribution in [-0.4, -0.2) is 33.3 Å². The van der Waals surface area contributed by atoms with Crippen molar-refractivity contribution in [1.82, 2.24) is 15.0 Å². The van der Waals surface area contributed by atoms with Crippen molar-refractivity contribution in [3.05, 3.63) is 72.1 Å². The van der Waals surface area contributed by atoms with E-state index in [1.54, 1.807) is 6.20 Å². The maximum absolute atomic E-state index is 10.8. The van der Waals surface area contributed by atoms with Gasteiger partial charge >= 0.3 is 6.09 Å². The molecule has 168 valence electrons. The van der Waals surface area contributed by atoms with Gasteiger partial charge in [-0.15, -0.1) is 0 Å². The molecule has 1 aliphatic carbocycles. The Morgan fingerprint density at radius 3 is 2.18 bits per heavy atom. The summed E-state index contributed by atoms with van der Waals surface area (Å²) < 4.78 is 16.6. The molecular formula is C24H23N5O4. The summed E-state index contributed by atoms with van der Waals surface area (Å²) in [5, 5.41) is 8.78. The molecule has 0 atom stereocenters. The normalized spacial score (nSPS) is 17.4. The SMILES string of the molecule is CC(C)(c1ccc(Oc2cnc(C#N)nc2)cc1)c1ccc(O[C@H]2C[C@@H](OC(N)=O)C2)cn1. The molecule has 0 unspecified atom stereocenters. The first-order chi connectivity index (χ1) is 15.8. The average Bonchev–Trinajstić information content (AvgIpc) is 2.78. The number of primary amides is 1. The Kier molecular flexibility index (Phi) is 6.09. The highest BCUT2D eigenvalue weighted by Gasteiger charge is 2.33. The van der Waals surface area contributed by atoms with Crippen LogP contribution in [0.1, 0.15) is 43.8 Å². The number of hydrogen-bond donors (Lipinski definition) is 1. The van der Waals surface area contributed by atoms with Gasteiger partial charge in [0.2, 0.25) is 5.82 Å². The summed E-state index contributed by atoms with van der Waals surface area (Å²) in [4.78, 5) is 23.2. The topological polar surface area (TPSA) is 133 Å². The number of aromatic nitrogens is 3. The zero-order valence-electron chi connectivity index (χ0n) is 18.3. The van der Waals surface area contributed by atoms with Gasteiger partial charge in [0, 0.05) is 18.3 Å². The number of nitrogens with zero attached hydrogens (tertiary/aromatic N) is 4. The predicted molar refractivity (Wildman–Crippen MR) is 118 cm³/mol. The first-order valence-corrected chi connectivity index (χ1v) is 10.4. The Balaban J connectivity index is 1.37. The first-order valence-electron chi connectivity index (χ1n) is 10.4. The molecule has 1 aromatic carbocycles. The molecule has 9 nitrogen and oxygen atoms in total. The maximum atomic E-state index is 10.8. The van der Waals surface area contributed by atoms with Crippen molar-refractivity contribution in [1.29, 1.82) is 5.26 Å². The minimum atomic E-state index is -0.755. The van der Waals surface area contributed by atoms with Crippen LogP contribution >= 0.6 is 0 Å². The molecule has 3 aromatic rings. The number of carbonyl (C=O) groups excluding carboxylic acids is 1. The number of pyridine rings is 1. The second-order valence-corrected chi connectivity index (χ2v) is 8.25. The molecule has 2 heterocycles. The van der Waals surface area contributed by atoms with Crippen molar-refractivity contribution in [2.45, 2.75) is 44.3 Å². The third-order valence-corrected chi connectivity index (χ3v) is 5.55.